The van der Waals surface area contributed by atoms with Gasteiger partial charge in [0, 0.05) is 18.1 Å². The van der Waals surface area contributed by atoms with Crippen molar-refractivity contribution >= 4 is 62.4 Å². The van der Waals surface area contributed by atoms with Crippen LogP contribution >= 0.6 is 39.3 Å². The number of imide groups is 1. The summed E-state index contributed by atoms with van der Waals surface area (Å²) in [6, 6.07) is 10.9. The Morgan fingerprint density at radius 1 is 1.11 bits per heavy atom. The molecule has 0 atom stereocenters. The molecular formula is C26H26BrClN2O5S. The maximum absolute atomic E-state index is 13.0. The number of carbonyl (C=O) groups excluding carboxylic acids is 3. The monoisotopic (exact) mass is 592 g/mol. The third-order valence-corrected chi connectivity index (χ3v) is 7.72. The van der Waals surface area contributed by atoms with Gasteiger partial charge >= 0.3 is 0 Å². The van der Waals surface area contributed by atoms with Crippen LogP contribution in [0.25, 0.3) is 6.08 Å². The van der Waals surface area contributed by atoms with Gasteiger partial charge in [-0.25, -0.2) is 0 Å². The van der Waals surface area contributed by atoms with Crippen LogP contribution in [-0.4, -0.2) is 53.6 Å². The highest BCUT2D eigenvalue weighted by atomic mass is 79.9. The van der Waals surface area contributed by atoms with Crippen molar-refractivity contribution in [2.75, 3.05) is 26.7 Å². The predicted octanol–water partition coefficient (Wildman–Crippen LogP) is 6.13. The molecule has 4 rings (SSSR count). The summed E-state index contributed by atoms with van der Waals surface area (Å²) in [5.41, 5.74) is 1.60. The van der Waals surface area contributed by atoms with Crippen LogP contribution in [0.15, 0.2) is 45.8 Å². The fourth-order valence-electron chi connectivity index (χ4n) is 4.04. The number of halogens is 2. The van der Waals surface area contributed by atoms with Gasteiger partial charge in [-0.1, -0.05) is 36.6 Å². The first-order valence-corrected chi connectivity index (χ1v) is 13.6. The van der Waals surface area contributed by atoms with E-state index in [1.54, 1.807) is 35.2 Å². The van der Waals surface area contributed by atoms with Crippen LogP contribution in [-0.2, 0) is 16.2 Å². The maximum atomic E-state index is 13.0. The zero-order chi connectivity index (χ0) is 25.7. The van der Waals surface area contributed by atoms with E-state index in [9.17, 15) is 14.4 Å². The largest absolute Gasteiger partial charge is 0.493 e. The van der Waals surface area contributed by atoms with Crippen molar-refractivity contribution in [2.24, 2.45) is 0 Å². The molecule has 0 radical (unpaired) electrons. The van der Waals surface area contributed by atoms with Crippen molar-refractivity contribution in [1.82, 2.24) is 9.80 Å². The number of hydrogen-bond donors (Lipinski definition) is 0. The first-order valence-electron chi connectivity index (χ1n) is 11.6. The van der Waals surface area contributed by atoms with Crippen molar-refractivity contribution < 1.29 is 23.9 Å². The summed E-state index contributed by atoms with van der Waals surface area (Å²) in [5.74, 6) is 0.333. The molecule has 0 unspecified atom stereocenters. The molecule has 7 nitrogen and oxygen atoms in total. The molecule has 190 valence electrons. The third-order valence-electron chi connectivity index (χ3n) is 5.97. The molecular weight excluding hydrogens is 568 g/mol. The summed E-state index contributed by atoms with van der Waals surface area (Å²) in [7, 11) is 1.53. The molecule has 0 aliphatic carbocycles. The standard InChI is InChI=1S/C26H26BrClN2O5S/c1-34-21-13-18(12-20(27)24(21)35-16-17-6-8-19(28)9-7-17)14-22-25(32)30(26(33)36-22)15-23(31)29-10-4-2-3-5-11-29/h6-9,12-14H,2-5,10-11,15-16H2,1H3. The Kier molecular flexibility index (Phi) is 8.98. The SMILES string of the molecule is COc1cc(C=C2SC(=O)N(CC(=O)N3CCCCCC3)C2=O)cc(Br)c1OCc1ccc(Cl)cc1. The Hall–Kier alpha value is -2.49. The van der Waals surface area contributed by atoms with Crippen molar-refractivity contribution in [2.45, 2.75) is 32.3 Å². The smallest absolute Gasteiger partial charge is 0.294 e. The molecule has 0 saturated carbocycles. The highest BCUT2D eigenvalue weighted by Gasteiger charge is 2.37. The van der Waals surface area contributed by atoms with Crippen molar-refractivity contribution in [3.05, 3.63) is 61.9 Å². The lowest BCUT2D eigenvalue weighted by atomic mass is 10.1. The third kappa shape index (κ3) is 6.44. The summed E-state index contributed by atoms with van der Waals surface area (Å²) in [6.07, 6.45) is 5.71. The lowest BCUT2D eigenvalue weighted by Gasteiger charge is -2.22. The van der Waals surface area contributed by atoms with E-state index in [2.05, 4.69) is 15.9 Å². The Labute approximate surface area is 227 Å². The summed E-state index contributed by atoms with van der Waals surface area (Å²) in [5, 5.41) is 0.209. The predicted molar refractivity (Wildman–Crippen MR) is 144 cm³/mol. The molecule has 0 bridgehead atoms. The van der Waals surface area contributed by atoms with Gasteiger partial charge in [-0.2, -0.15) is 0 Å². The molecule has 2 heterocycles. The van der Waals surface area contributed by atoms with Crippen LogP contribution in [0.2, 0.25) is 5.02 Å². The number of hydrogen-bond acceptors (Lipinski definition) is 6. The molecule has 2 aliphatic rings. The molecule has 2 aromatic rings. The number of carbonyl (C=O) groups is 3. The van der Waals surface area contributed by atoms with Gasteiger partial charge in [-0.15, -0.1) is 0 Å². The molecule has 0 aromatic heterocycles. The molecule has 2 aromatic carbocycles. The Balaban J connectivity index is 1.47. The summed E-state index contributed by atoms with van der Waals surface area (Å²) in [4.78, 5) is 41.3. The van der Waals surface area contributed by atoms with Gasteiger partial charge < -0.3 is 14.4 Å². The fraction of sp³-hybridized carbons (Fsp3) is 0.346. The molecule has 2 fully saturated rings. The first-order chi connectivity index (χ1) is 17.4. The lowest BCUT2D eigenvalue weighted by Crippen LogP contribution is -2.42. The van der Waals surface area contributed by atoms with Gasteiger partial charge in [0.2, 0.25) is 5.91 Å². The van der Waals surface area contributed by atoms with Crippen molar-refractivity contribution in [3.8, 4) is 11.5 Å². The molecule has 0 N–H and O–H groups in total. The van der Waals surface area contributed by atoms with Gasteiger partial charge in [0.05, 0.1) is 16.5 Å². The Bertz CT molecular complexity index is 1180. The zero-order valence-electron chi connectivity index (χ0n) is 19.8. The van der Waals surface area contributed by atoms with Crippen LogP contribution in [0.5, 0.6) is 11.5 Å². The number of ether oxygens (including phenoxy) is 2. The molecule has 10 heteroatoms. The number of likely N-dealkylation sites (tertiary alicyclic amines) is 1. The quantitative estimate of drug-likeness (QED) is 0.360. The van der Waals surface area contributed by atoms with Gasteiger partial charge in [0.25, 0.3) is 11.1 Å². The number of amides is 3. The fourth-order valence-corrected chi connectivity index (χ4v) is 5.58. The second-order valence-electron chi connectivity index (χ2n) is 8.51. The van der Waals surface area contributed by atoms with Crippen LogP contribution in [0.4, 0.5) is 4.79 Å². The van der Waals surface area contributed by atoms with Crippen LogP contribution in [0, 0.1) is 0 Å². The number of benzene rings is 2. The Morgan fingerprint density at radius 2 is 1.81 bits per heavy atom. The normalized spacial score (nSPS) is 17.5. The lowest BCUT2D eigenvalue weighted by molar-refractivity contribution is -0.135. The zero-order valence-corrected chi connectivity index (χ0v) is 23.0. The Morgan fingerprint density at radius 3 is 2.47 bits per heavy atom. The van der Waals surface area contributed by atoms with Crippen LogP contribution in [0.1, 0.15) is 36.8 Å². The van der Waals surface area contributed by atoms with Crippen LogP contribution in [0.3, 0.4) is 0 Å². The summed E-state index contributed by atoms with van der Waals surface area (Å²) in [6.45, 7) is 1.43. The first kappa shape index (κ1) is 26.6. The molecule has 2 saturated heterocycles. The van der Waals surface area contributed by atoms with Gasteiger partial charge in [-0.3, -0.25) is 19.3 Å². The number of methoxy groups -OCH3 is 1. The van der Waals surface area contributed by atoms with Gasteiger partial charge in [-0.05, 0) is 82.0 Å². The van der Waals surface area contributed by atoms with Gasteiger partial charge in [0.1, 0.15) is 13.2 Å². The van der Waals surface area contributed by atoms with E-state index in [0.717, 1.165) is 47.9 Å². The van der Waals surface area contributed by atoms with Crippen LogP contribution < -0.4 is 9.47 Å². The molecule has 3 amide bonds. The van der Waals surface area contributed by atoms with Crippen molar-refractivity contribution in [1.29, 1.82) is 0 Å². The van der Waals surface area contributed by atoms with Crippen molar-refractivity contribution in [3.63, 3.8) is 0 Å². The topological polar surface area (TPSA) is 76.2 Å². The van der Waals surface area contributed by atoms with E-state index in [1.807, 2.05) is 12.1 Å². The van der Waals surface area contributed by atoms with E-state index in [-0.39, 0.29) is 17.4 Å². The molecule has 36 heavy (non-hydrogen) atoms. The second-order valence-corrected chi connectivity index (χ2v) is 10.8. The molecule has 0 spiro atoms. The number of nitrogens with zero attached hydrogens (tertiary/aromatic N) is 2. The minimum absolute atomic E-state index is 0.188. The van der Waals surface area contributed by atoms with E-state index in [1.165, 1.54) is 7.11 Å². The maximum Gasteiger partial charge on any atom is 0.294 e. The second kappa shape index (κ2) is 12.2. The highest BCUT2D eigenvalue weighted by molar-refractivity contribution is 9.10. The number of rotatable bonds is 7. The van der Waals surface area contributed by atoms with E-state index >= 15 is 0 Å². The summed E-state index contributed by atoms with van der Waals surface area (Å²) >= 11 is 10.3. The van der Waals surface area contributed by atoms with E-state index in [0.29, 0.717) is 46.3 Å². The van der Waals surface area contributed by atoms with E-state index in [4.69, 9.17) is 21.1 Å². The number of thioether (sulfide) groups is 1. The average molecular weight is 594 g/mol. The van der Waals surface area contributed by atoms with Gasteiger partial charge in [0.15, 0.2) is 11.5 Å². The minimum atomic E-state index is -0.466. The van der Waals surface area contributed by atoms with E-state index < -0.39 is 11.1 Å². The summed E-state index contributed by atoms with van der Waals surface area (Å²) < 4.78 is 12.1. The highest BCUT2D eigenvalue weighted by Crippen LogP contribution is 2.39. The average Bonchev–Trinajstić information content (AvgIpc) is 3.05. The minimum Gasteiger partial charge on any atom is -0.493 e. The molecule has 2 aliphatic heterocycles.